The fourth-order valence-corrected chi connectivity index (χ4v) is 3.92. The number of fused-ring (bicyclic) bond motifs is 1. The number of carbonyl (C=O) groups is 1. The monoisotopic (exact) mass is 321 g/mol. The van der Waals surface area contributed by atoms with Gasteiger partial charge in [-0.05, 0) is 29.8 Å². The summed E-state index contributed by atoms with van der Waals surface area (Å²) in [5.74, 6) is -1.16. The molecule has 3 rings (SSSR count). The normalized spacial score (nSPS) is 15.7. The number of hydrogen-bond donors (Lipinski definition) is 0. The van der Waals surface area contributed by atoms with Crippen molar-refractivity contribution in [2.75, 3.05) is 7.11 Å². The van der Waals surface area contributed by atoms with Crippen LogP contribution in [0.15, 0.2) is 47.4 Å². The third kappa shape index (κ3) is 2.14. The maximum absolute atomic E-state index is 13.7. The number of carbonyl (C=O) groups excluding carboxylic acids is 1. The molecular formula is C15H12FNO4S. The number of amides is 1. The average Bonchev–Trinajstić information content (AvgIpc) is 2.69. The minimum Gasteiger partial charge on any atom is -0.494 e. The lowest BCUT2D eigenvalue weighted by molar-refractivity contribution is 0.0865. The summed E-state index contributed by atoms with van der Waals surface area (Å²) in [6.45, 7) is -0.225. The predicted molar refractivity (Wildman–Crippen MR) is 76.5 cm³/mol. The first-order valence-electron chi connectivity index (χ1n) is 6.43. The van der Waals surface area contributed by atoms with Crippen LogP contribution in [0, 0.1) is 5.82 Å². The number of sulfonamides is 1. The van der Waals surface area contributed by atoms with Crippen LogP contribution >= 0.6 is 0 Å². The number of rotatable bonds is 3. The van der Waals surface area contributed by atoms with Gasteiger partial charge >= 0.3 is 0 Å². The predicted octanol–water partition coefficient (Wildman–Crippen LogP) is 2.18. The highest BCUT2D eigenvalue weighted by Crippen LogP contribution is 2.31. The summed E-state index contributed by atoms with van der Waals surface area (Å²) in [4.78, 5) is 12.2. The first-order chi connectivity index (χ1) is 10.4. The van der Waals surface area contributed by atoms with E-state index in [4.69, 9.17) is 4.74 Å². The molecule has 0 bridgehead atoms. The van der Waals surface area contributed by atoms with Gasteiger partial charge in [0.1, 0.15) is 4.90 Å². The standard InChI is InChI=1S/C15H12FNO4S/c1-21-13-7-6-10(8-12(13)16)9-17-15(18)11-4-2-3-5-14(11)22(17,19)20/h2-8H,9H2,1H3. The molecule has 114 valence electrons. The summed E-state index contributed by atoms with van der Waals surface area (Å²) in [5, 5.41) is 0. The zero-order chi connectivity index (χ0) is 15.9. The van der Waals surface area contributed by atoms with Crippen LogP contribution in [0.3, 0.4) is 0 Å². The zero-order valence-corrected chi connectivity index (χ0v) is 12.4. The van der Waals surface area contributed by atoms with Crippen LogP contribution in [0.4, 0.5) is 4.39 Å². The summed E-state index contributed by atoms with van der Waals surface area (Å²) in [5.41, 5.74) is 0.500. The molecule has 2 aromatic rings. The maximum atomic E-state index is 13.7. The van der Waals surface area contributed by atoms with Gasteiger partial charge in [0.15, 0.2) is 11.6 Å². The first kappa shape index (κ1) is 14.5. The molecule has 5 nitrogen and oxygen atoms in total. The lowest BCUT2D eigenvalue weighted by Gasteiger charge is -2.15. The molecule has 0 atom stereocenters. The van der Waals surface area contributed by atoms with Crippen LogP contribution in [-0.2, 0) is 16.6 Å². The Labute approximate surface area is 127 Å². The fraction of sp³-hybridized carbons (Fsp3) is 0.133. The second-order valence-electron chi connectivity index (χ2n) is 4.78. The molecule has 1 aliphatic heterocycles. The van der Waals surface area contributed by atoms with Gasteiger partial charge in [-0.2, -0.15) is 0 Å². The molecule has 7 heteroatoms. The summed E-state index contributed by atoms with van der Waals surface area (Å²) >= 11 is 0. The number of methoxy groups -OCH3 is 1. The quantitative estimate of drug-likeness (QED) is 0.869. The Morgan fingerprint density at radius 3 is 2.55 bits per heavy atom. The number of benzene rings is 2. The van der Waals surface area contributed by atoms with E-state index in [0.29, 0.717) is 5.56 Å². The van der Waals surface area contributed by atoms with Crippen LogP contribution in [0.2, 0.25) is 0 Å². The van der Waals surface area contributed by atoms with Crippen molar-refractivity contribution in [2.45, 2.75) is 11.4 Å². The van der Waals surface area contributed by atoms with E-state index in [1.807, 2.05) is 0 Å². The van der Waals surface area contributed by atoms with Crippen LogP contribution < -0.4 is 4.74 Å². The molecular weight excluding hydrogens is 309 g/mol. The minimum absolute atomic E-state index is 0.0195. The van der Waals surface area contributed by atoms with E-state index in [9.17, 15) is 17.6 Å². The van der Waals surface area contributed by atoms with E-state index in [-0.39, 0.29) is 22.8 Å². The SMILES string of the molecule is COc1ccc(CN2C(=O)c3ccccc3S2(=O)=O)cc1F. The van der Waals surface area contributed by atoms with Gasteiger partial charge in [0.05, 0.1) is 19.2 Å². The van der Waals surface area contributed by atoms with E-state index >= 15 is 0 Å². The Bertz CT molecular complexity index is 864. The van der Waals surface area contributed by atoms with E-state index in [1.165, 1.54) is 31.4 Å². The Morgan fingerprint density at radius 1 is 1.18 bits per heavy atom. The van der Waals surface area contributed by atoms with Gasteiger partial charge in [0, 0.05) is 0 Å². The largest absolute Gasteiger partial charge is 0.494 e. The second-order valence-corrected chi connectivity index (χ2v) is 6.61. The van der Waals surface area contributed by atoms with Gasteiger partial charge in [-0.15, -0.1) is 0 Å². The summed E-state index contributed by atoms with van der Waals surface area (Å²) in [6.07, 6.45) is 0. The molecule has 2 aromatic carbocycles. The zero-order valence-electron chi connectivity index (χ0n) is 11.6. The Kier molecular flexibility index (Phi) is 3.37. The van der Waals surface area contributed by atoms with Crippen LogP contribution in [0.5, 0.6) is 5.75 Å². The number of halogens is 1. The Balaban J connectivity index is 1.97. The van der Waals surface area contributed by atoms with Crippen LogP contribution in [-0.4, -0.2) is 25.7 Å². The highest BCUT2D eigenvalue weighted by atomic mass is 32.2. The minimum atomic E-state index is -3.89. The number of hydrogen-bond acceptors (Lipinski definition) is 4. The van der Waals surface area contributed by atoms with Crippen molar-refractivity contribution in [3.63, 3.8) is 0 Å². The van der Waals surface area contributed by atoms with Gasteiger partial charge < -0.3 is 4.74 Å². The molecule has 1 amide bonds. The summed E-state index contributed by atoms with van der Waals surface area (Å²) < 4.78 is 44.0. The van der Waals surface area contributed by atoms with Crippen molar-refractivity contribution in [3.05, 3.63) is 59.4 Å². The van der Waals surface area contributed by atoms with E-state index in [0.717, 1.165) is 10.4 Å². The lowest BCUT2D eigenvalue weighted by Crippen LogP contribution is -2.29. The summed E-state index contributed by atoms with van der Waals surface area (Å²) in [6, 6.07) is 10.1. The molecule has 0 spiro atoms. The molecule has 0 saturated carbocycles. The molecule has 0 aliphatic carbocycles. The van der Waals surface area contributed by atoms with Crippen molar-refractivity contribution >= 4 is 15.9 Å². The summed E-state index contributed by atoms with van der Waals surface area (Å²) in [7, 11) is -2.56. The smallest absolute Gasteiger partial charge is 0.269 e. The maximum Gasteiger partial charge on any atom is 0.269 e. The molecule has 22 heavy (non-hydrogen) atoms. The molecule has 0 unspecified atom stereocenters. The lowest BCUT2D eigenvalue weighted by atomic mass is 10.2. The number of ether oxygens (including phenoxy) is 1. The molecule has 0 radical (unpaired) electrons. The average molecular weight is 321 g/mol. The fourth-order valence-electron chi connectivity index (χ4n) is 2.36. The van der Waals surface area contributed by atoms with Crippen molar-refractivity contribution < 1.29 is 22.3 Å². The highest BCUT2D eigenvalue weighted by Gasteiger charge is 2.40. The van der Waals surface area contributed by atoms with Gasteiger partial charge in [-0.1, -0.05) is 18.2 Å². The number of nitrogens with zero attached hydrogens (tertiary/aromatic N) is 1. The Morgan fingerprint density at radius 2 is 1.91 bits per heavy atom. The van der Waals surface area contributed by atoms with E-state index in [1.54, 1.807) is 12.1 Å². The van der Waals surface area contributed by atoms with Crippen molar-refractivity contribution in [1.82, 2.24) is 4.31 Å². The van der Waals surface area contributed by atoms with Crippen molar-refractivity contribution in [2.24, 2.45) is 0 Å². The topological polar surface area (TPSA) is 63.7 Å². The van der Waals surface area contributed by atoms with E-state index < -0.39 is 21.7 Å². The van der Waals surface area contributed by atoms with Crippen LogP contribution in [0.25, 0.3) is 0 Å². The van der Waals surface area contributed by atoms with E-state index in [2.05, 4.69) is 0 Å². The molecule has 0 N–H and O–H groups in total. The molecule has 0 aromatic heterocycles. The Hall–Kier alpha value is -2.41. The third-order valence-corrected chi connectivity index (χ3v) is 5.24. The van der Waals surface area contributed by atoms with Crippen molar-refractivity contribution in [1.29, 1.82) is 0 Å². The highest BCUT2D eigenvalue weighted by molar-refractivity contribution is 7.90. The molecule has 1 aliphatic rings. The first-order valence-corrected chi connectivity index (χ1v) is 7.87. The van der Waals surface area contributed by atoms with Crippen molar-refractivity contribution in [3.8, 4) is 5.75 Å². The van der Waals surface area contributed by atoms with Crippen LogP contribution in [0.1, 0.15) is 15.9 Å². The second kappa shape index (κ2) is 5.10. The molecule has 0 fully saturated rings. The third-order valence-electron chi connectivity index (χ3n) is 3.45. The van der Waals surface area contributed by atoms with Gasteiger partial charge in [-0.3, -0.25) is 4.79 Å². The molecule has 0 saturated heterocycles. The van der Waals surface area contributed by atoms with Gasteiger partial charge in [-0.25, -0.2) is 17.1 Å². The molecule has 1 heterocycles. The van der Waals surface area contributed by atoms with Gasteiger partial charge in [0.2, 0.25) is 0 Å². The van der Waals surface area contributed by atoms with Gasteiger partial charge in [0.25, 0.3) is 15.9 Å².